The minimum Gasteiger partial charge on any atom is -0.289 e. The number of hydrogen-bond acceptors (Lipinski definition) is 1. The minimum atomic E-state index is 0.281. The van der Waals surface area contributed by atoms with Crippen LogP contribution in [0.15, 0.2) is 35.3 Å². The lowest BCUT2D eigenvalue weighted by Crippen LogP contribution is -1.93. The van der Waals surface area contributed by atoms with Crippen molar-refractivity contribution in [2.24, 2.45) is 10.9 Å². The Bertz CT molecular complexity index is 262. The Morgan fingerprint density at radius 3 is 2.23 bits per heavy atom. The van der Waals surface area contributed by atoms with Gasteiger partial charge in [0.25, 0.3) is 0 Å². The molecule has 0 N–H and O–H groups in total. The van der Waals surface area contributed by atoms with E-state index in [1.807, 2.05) is 12.3 Å². The summed E-state index contributed by atoms with van der Waals surface area (Å²) in [6.07, 6.45) is 2.01. The van der Waals surface area contributed by atoms with E-state index in [9.17, 15) is 0 Å². The molecule has 13 heavy (non-hydrogen) atoms. The second-order valence-corrected chi connectivity index (χ2v) is 3.63. The molecule has 0 aliphatic heterocycles. The van der Waals surface area contributed by atoms with Crippen LogP contribution in [0.3, 0.4) is 0 Å². The number of nitrogens with zero attached hydrogens (tertiary/aromatic N) is 1. The molecule has 70 valence electrons. The molecular formula is C12H17N. The topological polar surface area (TPSA) is 12.4 Å². The van der Waals surface area contributed by atoms with E-state index in [1.165, 1.54) is 5.56 Å². The van der Waals surface area contributed by atoms with Crippen molar-refractivity contribution < 1.29 is 0 Å². The van der Waals surface area contributed by atoms with E-state index < -0.39 is 0 Å². The van der Waals surface area contributed by atoms with Crippen LogP contribution in [0.2, 0.25) is 0 Å². The third-order valence-corrected chi connectivity index (χ3v) is 1.89. The van der Waals surface area contributed by atoms with E-state index >= 15 is 0 Å². The summed E-state index contributed by atoms with van der Waals surface area (Å²) in [6.45, 7) is 6.40. The van der Waals surface area contributed by atoms with Crippen LogP contribution in [-0.4, -0.2) is 6.21 Å². The van der Waals surface area contributed by atoms with Crippen LogP contribution in [0.25, 0.3) is 0 Å². The molecule has 0 spiro atoms. The number of aliphatic imine (C=N–C) groups is 1. The van der Waals surface area contributed by atoms with E-state index in [0.29, 0.717) is 5.92 Å². The SMILES string of the molecule is CC(C)C=NC(C)c1ccccc1. The number of hydrogen-bond donors (Lipinski definition) is 0. The van der Waals surface area contributed by atoms with Crippen molar-refractivity contribution in [3.63, 3.8) is 0 Å². The molecule has 0 amide bonds. The molecule has 0 bridgehead atoms. The van der Waals surface area contributed by atoms with Crippen molar-refractivity contribution in [2.75, 3.05) is 0 Å². The second kappa shape index (κ2) is 4.80. The third kappa shape index (κ3) is 3.41. The fourth-order valence-electron chi connectivity index (χ4n) is 1.12. The maximum absolute atomic E-state index is 4.47. The van der Waals surface area contributed by atoms with Gasteiger partial charge in [0.05, 0.1) is 6.04 Å². The van der Waals surface area contributed by atoms with Crippen molar-refractivity contribution in [1.29, 1.82) is 0 Å². The lowest BCUT2D eigenvalue weighted by molar-refractivity contribution is 0.800. The highest BCUT2D eigenvalue weighted by molar-refractivity contribution is 5.60. The lowest BCUT2D eigenvalue weighted by atomic mass is 10.1. The predicted octanol–water partition coefficient (Wildman–Crippen LogP) is 3.47. The maximum Gasteiger partial charge on any atom is 0.0717 e. The molecule has 1 heteroatoms. The van der Waals surface area contributed by atoms with Crippen LogP contribution in [-0.2, 0) is 0 Å². The summed E-state index contributed by atoms with van der Waals surface area (Å²) in [7, 11) is 0. The molecular weight excluding hydrogens is 158 g/mol. The first kappa shape index (κ1) is 9.97. The molecule has 0 heterocycles. The van der Waals surface area contributed by atoms with Gasteiger partial charge in [0.1, 0.15) is 0 Å². The van der Waals surface area contributed by atoms with E-state index in [1.54, 1.807) is 0 Å². The van der Waals surface area contributed by atoms with E-state index in [4.69, 9.17) is 0 Å². The summed E-state index contributed by atoms with van der Waals surface area (Å²) in [5, 5.41) is 0. The highest BCUT2D eigenvalue weighted by Gasteiger charge is 1.99. The molecule has 1 aromatic carbocycles. The summed E-state index contributed by atoms with van der Waals surface area (Å²) in [5.74, 6) is 0.533. The first-order chi connectivity index (χ1) is 6.20. The highest BCUT2D eigenvalue weighted by Crippen LogP contribution is 2.15. The first-order valence-corrected chi connectivity index (χ1v) is 4.78. The Hall–Kier alpha value is -1.11. The molecule has 0 saturated heterocycles. The third-order valence-electron chi connectivity index (χ3n) is 1.89. The molecule has 1 rings (SSSR count). The molecule has 1 aromatic rings. The predicted molar refractivity (Wildman–Crippen MR) is 58.2 cm³/mol. The van der Waals surface area contributed by atoms with Crippen molar-refractivity contribution in [1.82, 2.24) is 0 Å². The van der Waals surface area contributed by atoms with Gasteiger partial charge in [-0.3, -0.25) is 4.99 Å². The molecule has 0 aromatic heterocycles. The largest absolute Gasteiger partial charge is 0.289 e. The fraction of sp³-hybridized carbons (Fsp3) is 0.417. The van der Waals surface area contributed by atoms with Crippen molar-refractivity contribution in [3.8, 4) is 0 Å². The number of benzene rings is 1. The zero-order chi connectivity index (χ0) is 9.68. The van der Waals surface area contributed by atoms with Gasteiger partial charge in [0, 0.05) is 6.21 Å². The Morgan fingerprint density at radius 2 is 1.69 bits per heavy atom. The second-order valence-electron chi connectivity index (χ2n) is 3.63. The van der Waals surface area contributed by atoms with Crippen molar-refractivity contribution in [3.05, 3.63) is 35.9 Å². The highest BCUT2D eigenvalue weighted by atomic mass is 14.8. The van der Waals surface area contributed by atoms with Gasteiger partial charge in [-0.05, 0) is 18.4 Å². The molecule has 1 nitrogen and oxygen atoms in total. The van der Waals surface area contributed by atoms with Crippen LogP contribution in [0.1, 0.15) is 32.4 Å². The van der Waals surface area contributed by atoms with Crippen molar-refractivity contribution in [2.45, 2.75) is 26.8 Å². The quantitative estimate of drug-likeness (QED) is 0.624. The maximum atomic E-state index is 4.47. The van der Waals surface area contributed by atoms with Gasteiger partial charge in [-0.15, -0.1) is 0 Å². The Morgan fingerprint density at radius 1 is 1.08 bits per heavy atom. The summed E-state index contributed by atoms with van der Waals surface area (Å²) in [5.41, 5.74) is 1.28. The van der Waals surface area contributed by atoms with Gasteiger partial charge in [-0.1, -0.05) is 44.2 Å². The smallest absolute Gasteiger partial charge is 0.0717 e. The van der Waals surface area contributed by atoms with Gasteiger partial charge >= 0.3 is 0 Å². The van der Waals surface area contributed by atoms with Gasteiger partial charge in [0.2, 0.25) is 0 Å². The van der Waals surface area contributed by atoms with E-state index in [2.05, 4.69) is 50.0 Å². The standard InChI is InChI=1S/C12H17N/c1-10(2)9-13-11(3)12-7-5-4-6-8-12/h4-11H,1-3H3. The minimum absolute atomic E-state index is 0.281. The van der Waals surface area contributed by atoms with Crippen LogP contribution < -0.4 is 0 Å². The Kier molecular flexibility index (Phi) is 3.69. The zero-order valence-corrected chi connectivity index (χ0v) is 8.57. The zero-order valence-electron chi connectivity index (χ0n) is 8.57. The average Bonchev–Trinajstić information content (AvgIpc) is 2.15. The normalized spacial score (nSPS) is 13.8. The van der Waals surface area contributed by atoms with E-state index in [0.717, 1.165) is 0 Å². The molecule has 0 fully saturated rings. The average molecular weight is 175 g/mol. The summed E-state index contributed by atoms with van der Waals surface area (Å²) < 4.78 is 0. The van der Waals surface area contributed by atoms with Crippen LogP contribution >= 0.6 is 0 Å². The Balaban J connectivity index is 2.64. The molecule has 0 saturated carbocycles. The van der Waals surface area contributed by atoms with Gasteiger partial charge in [-0.2, -0.15) is 0 Å². The molecule has 0 radical (unpaired) electrons. The van der Waals surface area contributed by atoms with Gasteiger partial charge in [0.15, 0.2) is 0 Å². The molecule has 0 aliphatic rings. The summed E-state index contributed by atoms with van der Waals surface area (Å²) in [4.78, 5) is 4.47. The monoisotopic (exact) mass is 175 g/mol. The van der Waals surface area contributed by atoms with Crippen LogP contribution in [0, 0.1) is 5.92 Å². The van der Waals surface area contributed by atoms with Crippen LogP contribution in [0.5, 0.6) is 0 Å². The molecule has 0 aliphatic carbocycles. The number of rotatable bonds is 3. The van der Waals surface area contributed by atoms with Gasteiger partial charge < -0.3 is 0 Å². The first-order valence-electron chi connectivity index (χ1n) is 4.78. The summed E-state index contributed by atoms with van der Waals surface area (Å²) >= 11 is 0. The molecule has 1 atom stereocenters. The Labute approximate surface area is 80.5 Å². The van der Waals surface area contributed by atoms with Gasteiger partial charge in [-0.25, -0.2) is 0 Å². The fourth-order valence-corrected chi connectivity index (χ4v) is 1.12. The van der Waals surface area contributed by atoms with Crippen LogP contribution in [0.4, 0.5) is 0 Å². The molecule has 1 unspecified atom stereocenters. The van der Waals surface area contributed by atoms with Crippen molar-refractivity contribution >= 4 is 6.21 Å². The lowest BCUT2D eigenvalue weighted by Gasteiger charge is -2.06. The summed E-state index contributed by atoms with van der Waals surface area (Å²) in [6, 6.07) is 10.6. The van der Waals surface area contributed by atoms with E-state index in [-0.39, 0.29) is 6.04 Å².